The van der Waals surface area contributed by atoms with Gasteiger partial charge in [-0.3, -0.25) is 9.63 Å². The van der Waals surface area contributed by atoms with Crippen LogP contribution in [0.15, 0.2) is 23.1 Å². The summed E-state index contributed by atoms with van der Waals surface area (Å²) in [6.45, 7) is 2.00. The van der Waals surface area contributed by atoms with Gasteiger partial charge in [0.2, 0.25) is 0 Å². The molecule has 0 N–H and O–H groups in total. The predicted molar refractivity (Wildman–Crippen MR) is 87.7 cm³/mol. The fraction of sp³-hybridized carbons (Fsp3) is 0.533. The van der Waals surface area contributed by atoms with Crippen molar-refractivity contribution in [2.24, 2.45) is 5.92 Å². The first-order valence-corrected chi connectivity index (χ1v) is 9.11. The Hall–Kier alpha value is -1.15. The average molecular weight is 361 g/mol. The fourth-order valence-electron chi connectivity index (χ4n) is 2.35. The molecule has 0 spiro atoms. The molecule has 1 amide bonds. The van der Waals surface area contributed by atoms with E-state index in [4.69, 9.17) is 16.4 Å². The SMILES string of the molecule is CON(C)S(=O)(=O)c1cc(C(=O)N(C)C(C)C2CC2)ccc1Cl. The third kappa shape index (κ3) is 3.68. The van der Waals surface area contributed by atoms with E-state index in [0.29, 0.717) is 10.4 Å². The smallest absolute Gasteiger partial charge is 0.266 e. The van der Waals surface area contributed by atoms with E-state index in [-0.39, 0.29) is 27.4 Å². The van der Waals surface area contributed by atoms with Crippen LogP contribution in [0.5, 0.6) is 0 Å². The van der Waals surface area contributed by atoms with Crippen LogP contribution in [-0.2, 0) is 14.9 Å². The van der Waals surface area contributed by atoms with Gasteiger partial charge in [0, 0.05) is 25.7 Å². The molecule has 1 aliphatic carbocycles. The molecule has 0 radical (unpaired) electrons. The molecule has 0 aromatic heterocycles. The number of carbonyl (C=O) groups is 1. The van der Waals surface area contributed by atoms with Gasteiger partial charge >= 0.3 is 0 Å². The van der Waals surface area contributed by atoms with Crippen LogP contribution in [0.1, 0.15) is 30.1 Å². The molecule has 1 aromatic carbocycles. The lowest BCUT2D eigenvalue weighted by Crippen LogP contribution is -2.36. The minimum Gasteiger partial charge on any atom is -0.339 e. The zero-order chi connectivity index (χ0) is 17.4. The topological polar surface area (TPSA) is 66.9 Å². The molecule has 1 unspecified atom stereocenters. The van der Waals surface area contributed by atoms with Crippen LogP contribution in [-0.4, -0.2) is 50.9 Å². The number of hydrogen-bond acceptors (Lipinski definition) is 4. The minimum atomic E-state index is -3.92. The molecule has 8 heteroatoms. The van der Waals surface area contributed by atoms with Crippen molar-refractivity contribution in [1.82, 2.24) is 9.37 Å². The molecular weight excluding hydrogens is 340 g/mol. The second-order valence-corrected chi connectivity index (χ2v) is 8.05. The van der Waals surface area contributed by atoms with Crippen molar-refractivity contribution in [3.05, 3.63) is 28.8 Å². The lowest BCUT2D eigenvalue weighted by Gasteiger charge is -2.25. The molecule has 2 rings (SSSR count). The van der Waals surface area contributed by atoms with Crippen LogP contribution in [0.2, 0.25) is 5.02 Å². The summed E-state index contributed by atoms with van der Waals surface area (Å²) in [5.41, 5.74) is 0.285. The normalized spacial score (nSPS) is 16.4. The van der Waals surface area contributed by atoms with Crippen LogP contribution in [0.25, 0.3) is 0 Å². The first-order chi connectivity index (χ1) is 10.7. The number of halogens is 1. The van der Waals surface area contributed by atoms with Gasteiger partial charge in [0.05, 0.1) is 12.1 Å². The minimum absolute atomic E-state index is 0.0448. The summed E-state index contributed by atoms with van der Waals surface area (Å²) in [6, 6.07) is 4.37. The Morgan fingerprint density at radius 3 is 2.48 bits per heavy atom. The van der Waals surface area contributed by atoms with Gasteiger partial charge in [-0.25, -0.2) is 8.42 Å². The molecule has 1 atom stereocenters. The molecular formula is C15H21ClN2O4S. The Morgan fingerprint density at radius 2 is 1.96 bits per heavy atom. The van der Waals surface area contributed by atoms with E-state index < -0.39 is 10.0 Å². The van der Waals surface area contributed by atoms with Crippen molar-refractivity contribution in [2.75, 3.05) is 21.2 Å². The van der Waals surface area contributed by atoms with Crippen molar-refractivity contribution in [3.8, 4) is 0 Å². The van der Waals surface area contributed by atoms with Gasteiger partial charge in [0.1, 0.15) is 4.90 Å². The summed E-state index contributed by atoms with van der Waals surface area (Å²) in [6.07, 6.45) is 2.25. The maximum Gasteiger partial charge on any atom is 0.266 e. The average Bonchev–Trinajstić information content (AvgIpc) is 3.36. The molecule has 1 fully saturated rings. The van der Waals surface area contributed by atoms with Crippen LogP contribution >= 0.6 is 11.6 Å². The number of amides is 1. The standard InChI is InChI=1S/C15H21ClN2O4S/c1-10(11-5-6-11)17(2)15(19)12-7-8-13(16)14(9-12)23(20,21)18(3)22-4/h7-11H,5-6H2,1-4H3. The highest BCUT2D eigenvalue weighted by Crippen LogP contribution is 2.35. The number of carbonyl (C=O) groups excluding carboxylic acids is 1. The van der Waals surface area contributed by atoms with Crippen molar-refractivity contribution in [3.63, 3.8) is 0 Å². The highest BCUT2D eigenvalue weighted by Gasteiger charge is 2.33. The second-order valence-electron chi connectivity index (χ2n) is 5.74. The summed E-state index contributed by atoms with van der Waals surface area (Å²) in [7, 11) is 0.321. The summed E-state index contributed by atoms with van der Waals surface area (Å²) >= 11 is 6.00. The highest BCUT2D eigenvalue weighted by atomic mass is 35.5. The number of hydrogen-bond donors (Lipinski definition) is 0. The van der Waals surface area contributed by atoms with Crippen molar-refractivity contribution >= 4 is 27.5 Å². The molecule has 1 aromatic rings. The summed E-state index contributed by atoms with van der Waals surface area (Å²) < 4.78 is 25.5. The number of hydroxylamine groups is 1. The van der Waals surface area contributed by atoms with E-state index in [1.54, 1.807) is 11.9 Å². The molecule has 0 aliphatic heterocycles. The Balaban J connectivity index is 2.35. The largest absolute Gasteiger partial charge is 0.339 e. The van der Waals surface area contributed by atoms with E-state index >= 15 is 0 Å². The Morgan fingerprint density at radius 1 is 1.35 bits per heavy atom. The zero-order valence-electron chi connectivity index (χ0n) is 13.6. The maximum atomic E-state index is 12.6. The lowest BCUT2D eigenvalue weighted by molar-refractivity contribution is -0.0258. The predicted octanol–water partition coefficient (Wildman–Crippen LogP) is 2.39. The van der Waals surface area contributed by atoms with Gasteiger partial charge in [-0.2, -0.15) is 0 Å². The molecule has 0 heterocycles. The van der Waals surface area contributed by atoms with E-state index in [2.05, 4.69) is 0 Å². The van der Waals surface area contributed by atoms with Gasteiger partial charge in [0.15, 0.2) is 0 Å². The molecule has 6 nitrogen and oxygen atoms in total. The van der Waals surface area contributed by atoms with Crippen molar-refractivity contribution in [2.45, 2.75) is 30.7 Å². The summed E-state index contributed by atoms with van der Waals surface area (Å²) in [5, 5.41) is 0.0448. The quantitative estimate of drug-likeness (QED) is 0.730. The first-order valence-electron chi connectivity index (χ1n) is 7.30. The van der Waals surface area contributed by atoms with Crippen LogP contribution in [0.4, 0.5) is 0 Å². The molecule has 0 saturated heterocycles. The van der Waals surface area contributed by atoms with Gasteiger partial charge < -0.3 is 4.90 Å². The Bertz CT molecular complexity index is 703. The fourth-order valence-corrected chi connectivity index (χ4v) is 3.83. The number of sulfonamides is 1. The van der Waals surface area contributed by atoms with Crippen LogP contribution < -0.4 is 0 Å². The Labute approximate surface area is 142 Å². The summed E-state index contributed by atoms with van der Waals surface area (Å²) in [4.78, 5) is 18.8. The van der Waals surface area contributed by atoms with E-state index in [9.17, 15) is 13.2 Å². The third-order valence-electron chi connectivity index (χ3n) is 4.29. The number of rotatable bonds is 6. The number of nitrogens with zero attached hydrogens (tertiary/aromatic N) is 2. The Kier molecular flexibility index (Phi) is 5.35. The van der Waals surface area contributed by atoms with Crippen molar-refractivity contribution < 1.29 is 18.0 Å². The summed E-state index contributed by atoms with van der Waals surface area (Å²) in [5.74, 6) is 0.302. The molecule has 1 aliphatic rings. The molecule has 1 saturated carbocycles. The molecule has 128 valence electrons. The van der Waals surface area contributed by atoms with Gasteiger partial charge in [-0.05, 0) is 43.9 Å². The van der Waals surface area contributed by atoms with Gasteiger partial charge in [0.25, 0.3) is 15.9 Å². The monoisotopic (exact) mass is 360 g/mol. The van der Waals surface area contributed by atoms with Gasteiger partial charge in [-0.15, -0.1) is 0 Å². The first kappa shape index (κ1) is 18.2. The van der Waals surface area contributed by atoms with Gasteiger partial charge in [-0.1, -0.05) is 16.1 Å². The maximum absolute atomic E-state index is 12.6. The third-order valence-corrected chi connectivity index (χ3v) is 6.45. The van der Waals surface area contributed by atoms with Crippen molar-refractivity contribution in [1.29, 1.82) is 0 Å². The molecule has 23 heavy (non-hydrogen) atoms. The second kappa shape index (κ2) is 6.76. The highest BCUT2D eigenvalue weighted by molar-refractivity contribution is 7.89. The lowest BCUT2D eigenvalue weighted by atomic mass is 10.1. The van der Waals surface area contributed by atoms with E-state index in [0.717, 1.165) is 12.8 Å². The zero-order valence-corrected chi connectivity index (χ0v) is 15.2. The number of benzene rings is 1. The molecule has 0 bridgehead atoms. The van der Waals surface area contributed by atoms with E-state index in [1.165, 1.54) is 32.4 Å². The van der Waals surface area contributed by atoms with Crippen LogP contribution in [0, 0.1) is 5.92 Å². The van der Waals surface area contributed by atoms with Crippen LogP contribution in [0.3, 0.4) is 0 Å². The van der Waals surface area contributed by atoms with E-state index in [1.807, 2.05) is 6.92 Å².